The van der Waals surface area contributed by atoms with E-state index < -0.39 is 0 Å². The molecule has 0 saturated carbocycles. The highest BCUT2D eigenvalue weighted by Crippen LogP contribution is 2.27. The molecule has 1 fully saturated rings. The van der Waals surface area contributed by atoms with Gasteiger partial charge in [-0.25, -0.2) is 9.97 Å². The molecule has 1 aromatic heterocycles. The fourth-order valence-electron chi connectivity index (χ4n) is 2.82. The maximum atomic E-state index is 6.09. The van der Waals surface area contributed by atoms with Crippen molar-refractivity contribution in [3.63, 3.8) is 0 Å². The number of morpholine rings is 1. The van der Waals surface area contributed by atoms with Crippen LogP contribution >= 0.6 is 0 Å². The van der Waals surface area contributed by atoms with Crippen molar-refractivity contribution in [2.45, 2.75) is 33.0 Å². The lowest BCUT2D eigenvalue weighted by Gasteiger charge is -2.37. The van der Waals surface area contributed by atoms with E-state index in [1.807, 2.05) is 26.0 Å². The van der Waals surface area contributed by atoms with Crippen molar-refractivity contribution in [2.75, 3.05) is 18.0 Å². The molecule has 1 saturated heterocycles. The second kappa shape index (κ2) is 5.82. The molecule has 1 aliphatic rings. The lowest BCUT2D eigenvalue weighted by Crippen LogP contribution is -2.43. The van der Waals surface area contributed by atoms with Gasteiger partial charge >= 0.3 is 0 Å². The average Bonchev–Trinajstić information content (AvgIpc) is 2.46. The summed E-state index contributed by atoms with van der Waals surface area (Å²) in [5, 5.41) is 0. The fourth-order valence-corrected chi connectivity index (χ4v) is 2.82. The quantitative estimate of drug-likeness (QED) is 0.849. The van der Waals surface area contributed by atoms with Crippen LogP contribution in [-0.2, 0) is 4.74 Å². The first kappa shape index (κ1) is 14.0. The molecule has 0 bridgehead atoms. The average molecular weight is 283 g/mol. The van der Waals surface area contributed by atoms with E-state index >= 15 is 0 Å². The maximum Gasteiger partial charge on any atom is 0.225 e. The molecule has 0 N–H and O–H groups in total. The van der Waals surface area contributed by atoms with Gasteiger partial charge in [-0.3, -0.25) is 0 Å². The first-order valence-electron chi connectivity index (χ1n) is 7.39. The minimum absolute atomic E-state index is 0.0689. The fraction of sp³-hybridized carbons (Fsp3) is 0.412. The second-order valence-electron chi connectivity index (χ2n) is 5.70. The summed E-state index contributed by atoms with van der Waals surface area (Å²) in [4.78, 5) is 11.4. The number of aromatic nitrogens is 2. The molecular weight excluding hydrogens is 262 g/mol. The highest BCUT2D eigenvalue weighted by Gasteiger charge is 2.28. The molecule has 4 nitrogen and oxygen atoms in total. The van der Waals surface area contributed by atoms with E-state index in [4.69, 9.17) is 4.74 Å². The van der Waals surface area contributed by atoms with Crippen molar-refractivity contribution in [1.29, 1.82) is 0 Å². The van der Waals surface area contributed by atoms with Crippen molar-refractivity contribution in [3.05, 3.63) is 53.3 Å². The molecule has 0 unspecified atom stereocenters. The van der Waals surface area contributed by atoms with Crippen LogP contribution in [0.5, 0.6) is 0 Å². The molecule has 4 heteroatoms. The van der Waals surface area contributed by atoms with Gasteiger partial charge in [0.15, 0.2) is 0 Å². The first-order chi connectivity index (χ1) is 10.1. The van der Waals surface area contributed by atoms with Crippen LogP contribution in [0.4, 0.5) is 5.95 Å². The third-order valence-electron chi connectivity index (χ3n) is 3.68. The summed E-state index contributed by atoms with van der Waals surface area (Å²) in [7, 11) is 0. The van der Waals surface area contributed by atoms with Crippen LogP contribution in [-0.4, -0.2) is 29.2 Å². The number of aryl methyl sites for hydroxylation is 2. The van der Waals surface area contributed by atoms with Crippen molar-refractivity contribution in [2.24, 2.45) is 0 Å². The van der Waals surface area contributed by atoms with Crippen LogP contribution in [0.3, 0.4) is 0 Å². The van der Waals surface area contributed by atoms with Gasteiger partial charge in [-0.15, -0.1) is 0 Å². The summed E-state index contributed by atoms with van der Waals surface area (Å²) < 4.78 is 6.09. The molecular formula is C17H21N3O. The summed E-state index contributed by atoms with van der Waals surface area (Å²) in [6, 6.07) is 12.4. The van der Waals surface area contributed by atoms with E-state index in [0.29, 0.717) is 0 Å². The van der Waals surface area contributed by atoms with E-state index in [1.54, 1.807) is 0 Å². The molecule has 2 atom stereocenters. The van der Waals surface area contributed by atoms with Crippen molar-refractivity contribution in [3.8, 4) is 0 Å². The monoisotopic (exact) mass is 283 g/mol. The minimum atomic E-state index is 0.0689. The zero-order valence-electron chi connectivity index (χ0n) is 12.8. The predicted molar refractivity (Wildman–Crippen MR) is 83.4 cm³/mol. The van der Waals surface area contributed by atoms with E-state index in [-0.39, 0.29) is 12.2 Å². The summed E-state index contributed by atoms with van der Waals surface area (Å²) >= 11 is 0. The van der Waals surface area contributed by atoms with E-state index in [2.05, 4.69) is 46.1 Å². The van der Waals surface area contributed by atoms with Crippen LogP contribution < -0.4 is 4.90 Å². The molecule has 2 heterocycles. The normalized spacial score (nSPS) is 22.3. The lowest BCUT2D eigenvalue weighted by atomic mass is 10.1. The van der Waals surface area contributed by atoms with Gasteiger partial charge in [-0.2, -0.15) is 0 Å². The van der Waals surface area contributed by atoms with E-state index in [1.165, 1.54) is 5.56 Å². The molecule has 3 rings (SSSR count). The number of ether oxygens (including phenoxy) is 1. The Morgan fingerprint density at radius 2 is 1.71 bits per heavy atom. The Hall–Kier alpha value is -1.94. The molecule has 110 valence electrons. The van der Waals surface area contributed by atoms with Crippen LogP contribution in [0.15, 0.2) is 36.4 Å². The third-order valence-corrected chi connectivity index (χ3v) is 3.68. The maximum absolute atomic E-state index is 6.09. The Morgan fingerprint density at radius 3 is 2.38 bits per heavy atom. The third kappa shape index (κ3) is 3.22. The Kier molecular flexibility index (Phi) is 3.88. The first-order valence-corrected chi connectivity index (χ1v) is 7.39. The molecule has 0 spiro atoms. The van der Waals surface area contributed by atoms with Gasteiger partial charge in [-0.05, 0) is 32.4 Å². The molecule has 0 radical (unpaired) electrons. The van der Waals surface area contributed by atoms with Crippen molar-refractivity contribution < 1.29 is 4.74 Å². The number of rotatable bonds is 2. The summed E-state index contributed by atoms with van der Waals surface area (Å²) in [6.45, 7) is 7.74. The van der Waals surface area contributed by atoms with Gasteiger partial charge in [0, 0.05) is 17.9 Å². The van der Waals surface area contributed by atoms with Gasteiger partial charge in [0.2, 0.25) is 5.95 Å². The van der Waals surface area contributed by atoms with Crippen LogP contribution in [0, 0.1) is 13.8 Å². The van der Waals surface area contributed by atoms with Crippen LogP contribution in [0.2, 0.25) is 0 Å². The number of anilines is 1. The Morgan fingerprint density at radius 1 is 1.05 bits per heavy atom. The van der Waals surface area contributed by atoms with Gasteiger partial charge in [0.25, 0.3) is 0 Å². The van der Waals surface area contributed by atoms with E-state index in [9.17, 15) is 0 Å². The SMILES string of the molecule is Cc1cc(C)nc(N2C[C@H](C)O[C@@H](c3ccccc3)C2)n1. The number of nitrogens with zero attached hydrogens (tertiary/aromatic N) is 3. The van der Waals surface area contributed by atoms with Gasteiger partial charge in [0.1, 0.15) is 6.10 Å². The standard InChI is InChI=1S/C17H21N3O/c1-12-9-13(2)19-17(18-12)20-10-14(3)21-16(11-20)15-7-5-4-6-8-15/h4-9,14,16H,10-11H2,1-3H3/t14-,16+/m0/s1. The Bertz CT molecular complexity index is 594. The van der Waals surface area contributed by atoms with Gasteiger partial charge < -0.3 is 9.64 Å². The van der Waals surface area contributed by atoms with Gasteiger partial charge in [-0.1, -0.05) is 30.3 Å². The highest BCUT2D eigenvalue weighted by atomic mass is 16.5. The molecule has 1 aromatic carbocycles. The Labute approximate surface area is 125 Å². The summed E-state index contributed by atoms with van der Waals surface area (Å²) in [6.07, 6.45) is 0.229. The summed E-state index contributed by atoms with van der Waals surface area (Å²) in [5.74, 6) is 0.809. The van der Waals surface area contributed by atoms with Crippen molar-refractivity contribution in [1.82, 2.24) is 9.97 Å². The number of hydrogen-bond acceptors (Lipinski definition) is 4. The predicted octanol–water partition coefficient (Wildman–Crippen LogP) is 3.06. The zero-order chi connectivity index (χ0) is 14.8. The largest absolute Gasteiger partial charge is 0.367 e. The molecule has 2 aromatic rings. The lowest BCUT2D eigenvalue weighted by molar-refractivity contribution is -0.0178. The van der Waals surface area contributed by atoms with Crippen LogP contribution in [0.1, 0.15) is 30.0 Å². The molecule has 21 heavy (non-hydrogen) atoms. The van der Waals surface area contributed by atoms with Crippen molar-refractivity contribution >= 4 is 5.95 Å². The number of benzene rings is 1. The smallest absolute Gasteiger partial charge is 0.225 e. The second-order valence-corrected chi connectivity index (χ2v) is 5.70. The zero-order valence-corrected chi connectivity index (χ0v) is 12.8. The molecule has 1 aliphatic heterocycles. The number of hydrogen-bond donors (Lipinski definition) is 0. The minimum Gasteiger partial charge on any atom is -0.367 e. The van der Waals surface area contributed by atoms with Crippen LogP contribution in [0.25, 0.3) is 0 Å². The summed E-state index contributed by atoms with van der Waals surface area (Å²) in [5.41, 5.74) is 3.22. The topological polar surface area (TPSA) is 38.2 Å². The Balaban J connectivity index is 1.86. The molecule has 0 amide bonds. The molecule has 0 aliphatic carbocycles. The van der Waals surface area contributed by atoms with E-state index in [0.717, 1.165) is 30.4 Å². The van der Waals surface area contributed by atoms with Gasteiger partial charge in [0.05, 0.1) is 12.6 Å². The highest BCUT2D eigenvalue weighted by molar-refractivity contribution is 5.34.